The molecule has 0 atom stereocenters. The highest BCUT2D eigenvalue weighted by Crippen LogP contribution is 2.23. The summed E-state index contributed by atoms with van der Waals surface area (Å²) in [6, 6.07) is 1.53. The van der Waals surface area contributed by atoms with E-state index in [1.165, 1.54) is 32.1 Å². The predicted molar refractivity (Wildman–Crippen MR) is 64.6 cm³/mol. The molecule has 0 unspecified atom stereocenters. The van der Waals surface area contributed by atoms with Crippen LogP contribution in [-0.4, -0.2) is 6.54 Å². The van der Waals surface area contributed by atoms with Crippen LogP contribution in [0.15, 0.2) is 12.1 Å². The molecular formula is C14H18F3N. The maximum atomic E-state index is 13.3. The third-order valence-corrected chi connectivity index (χ3v) is 3.56. The van der Waals surface area contributed by atoms with Crippen LogP contribution in [0.2, 0.25) is 0 Å². The minimum Gasteiger partial charge on any atom is -0.312 e. The van der Waals surface area contributed by atoms with Crippen LogP contribution >= 0.6 is 0 Å². The van der Waals surface area contributed by atoms with Crippen molar-refractivity contribution >= 4 is 0 Å². The molecule has 1 aliphatic carbocycles. The van der Waals surface area contributed by atoms with E-state index >= 15 is 0 Å². The van der Waals surface area contributed by atoms with Crippen molar-refractivity contribution in [3.63, 3.8) is 0 Å². The van der Waals surface area contributed by atoms with Crippen LogP contribution in [0.25, 0.3) is 0 Å². The summed E-state index contributed by atoms with van der Waals surface area (Å²) in [6.45, 7) is 1.07. The van der Waals surface area contributed by atoms with E-state index in [1.807, 2.05) is 0 Å². The Morgan fingerprint density at radius 3 is 2.33 bits per heavy atom. The molecule has 1 fully saturated rings. The monoisotopic (exact) mass is 257 g/mol. The van der Waals surface area contributed by atoms with E-state index in [0.29, 0.717) is 12.0 Å². The summed E-state index contributed by atoms with van der Waals surface area (Å²) >= 11 is 0. The minimum atomic E-state index is -1.14. The molecule has 0 spiro atoms. The number of hydrogen-bond donors (Lipinski definition) is 1. The van der Waals surface area contributed by atoms with E-state index in [2.05, 4.69) is 5.32 Å². The molecule has 0 aliphatic heterocycles. The van der Waals surface area contributed by atoms with Crippen molar-refractivity contribution in [2.75, 3.05) is 6.54 Å². The third kappa shape index (κ3) is 3.48. The fourth-order valence-electron chi connectivity index (χ4n) is 2.50. The van der Waals surface area contributed by atoms with E-state index in [1.54, 1.807) is 0 Å². The van der Waals surface area contributed by atoms with Gasteiger partial charge in [-0.25, -0.2) is 13.2 Å². The van der Waals surface area contributed by atoms with Crippen molar-refractivity contribution in [3.05, 3.63) is 35.1 Å². The Morgan fingerprint density at radius 2 is 1.61 bits per heavy atom. The molecule has 1 aromatic carbocycles. The predicted octanol–water partition coefficient (Wildman–Crippen LogP) is 3.77. The van der Waals surface area contributed by atoms with Crippen LogP contribution < -0.4 is 5.32 Å². The van der Waals surface area contributed by atoms with Crippen LogP contribution in [0.4, 0.5) is 13.2 Å². The topological polar surface area (TPSA) is 12.0 Å². The molecule has 0 saturated heterocycles. The van der Waals surface area contributed by atoms with E-state index in [4.69, 9.17) is 0 Å². The minimum absolute atomic E-state index is 0.185. The highest BCUT2D eigenvalue weighted by Gasteiger charge is 2.14. The van der Waals surface area contributed by atoms with Gasteiger partial charge in [-0.2, -0.15) is 0 Å². The summed E-state index contributed by atoms with van der Waals surface area (Å²) in [7, 11) is 0. The Morgan fingerprint density at radius 1 is 0.944 bits per heavy atom. The first kappa shape index (κ1) is 13.4. The van der Waals surface area contributed by atoms with Gasteiger partial charge in [0.25, 0.3) is 0 Å². The average molecular weight is 257 g/mol. The third-order valence-electron chi connectivity index (χ3n) is 3.56. The zero-order valence-electron chi connectivity index (χ0n) is 10.3. The summed E-state index contributed by atoms with van der Waals surface area (Å²) < 4.78 is 39.1. The molecule has 1 aliphatic rings. The lowest BCUT2D eigenvalue weighted by molar-refractivity contribution is 0.341. The SMILES string of the molecule is Fc1cc(F)c(CNCC2CCCCC2)cc1F. The van der Waals surface area contributed by atoms with Crippen molar-refractivity contribution in [2.45, 2.75) is 38.6 Å². The molecule has 0 bridgehead atoms. The lowest BCUT2D eigenvalue weighted by Gasteiger charge is -2.21. The second kappa shape index (κ2) is 6.23. The Kier molecular flexibility index (Phi) is 4.64. The first-order valence-electron chi connectivity index (χ1n) is 6.51. The van der Waals surface area contributed by atoms with E-state index < -0.39 is 17.5 Å². The van der Waals surface area contributed by atoms with Crippen molar-refractivity contribution in [1.82, 2.24) is 5.32 Å². The zero-order chi connectivity index (χ0) is 13.0. The van der Waals surface area contributed by atoms with E-state index in [-0.39, 0.29) is 12.1 Å². The summed E-state index contributed by atoms with van der Waals surface area (Å²) in [5, 5.41) is 3.13. The van der Waals surface area contributed by atoms with Crippen molar-refractivity contribution in [2.24, 2.45) is 5.92 Å². The lowest BCUT2D eigenvalue weighted by atomic mass is 9.89. The lowest BCUT2D eigenvalue weighted by Crippen LogP contribution is -2.24. The summed E-state index contributed by atoms with van der Waals surface area (Å²) in [5.74, 6) is -2.19. The number of halogens is 3. The molecule has 1 saturated carbocycles. The highest BCUT2D eigenvalue weighted by molar-refractivity contribution is 5.19. The van der Waals surface area contributed by atoms with E-state index in [9.17, 15) is 13.2 Å². The van der Waals surface area contributed by atoms with Gasteiger partial charge in [0.1, 0.15) is 5.82 Å². The molecule has 1 aromatic rings. The molecule has 0 amide bonds. The quantitative estimate of drug-likeness (QED) is 0.809. The van der Waals surface area contributed by atoms with Crippen LogP contribution in [-0.2, 0) is 6.54 Å². The molecule has 1 N–H and O–H groups in total. The Labute approximate surface area is 105 Å². The fourth-order valence-corrected chi connectivity index (χ4v) is 2.50. The molecule has 0 radical (unpaired) electrons. The first-order chi connectivity index (χ1) is 8.66. The van der Waals surface area contributed by atoms with Gasteiger partial charge in [0.2, 0.25) is 0 Å². The number of rotatable bonds is 4. The van der Waals surface area contributed by atoms with Gasteiger partial charge in [-0.3, -0.25) is 0 Å². The first-order valence-corrected chi connectivity index (χ1v) is 6.51. The fraction of sp³-hybridized carbons (Fsp3) is 0.571. The van der Waals surface area contributed by atoms with Crippen LogP contribution in [0.1, 0.15) is 37.7 Å². The zero-order valence-corrected chi connectivity index (χ0v) is 10.3. The van der Waals surface area contributed by atoms with Crippen molar-refractivity contribution in [1.29, 1.82) is 0 Å². The van der Waals surface area contributed by atoms with Gasteiger partial charge in [0, 0.05) is 18.2 Å². The smallest absolute Gasteiger partial charge is 0.161 e. The summed E-state index contributed by atoms with van der Waals surface area (Å²) in [6.07, 6.45) is 6.21. The highest BCUT2D eigenvalue weighted by atomic mass is 19.2. The van der Waals surface area contributed by atoms with Crippen molar-refractivity contribution < 1.29 is 13.2 Å². The van der Waals surface area contributed by atoms with Gasteiger partial charge in [-0.15, -0.1) is 0 Å². The maximum absolute atomic E-state index is 13.3. The second-order valence-electron chi connectivity index (χ2n) is 4.99. The Bertz CT molecular complexity index is 400. The van der Waals surface area contributed by atoms with E-state index in [0.717, 1.165) is 12.6 Å². The second-order valence-corrected chi connectivity index (χ2v) is 4.99. The average Bonchev–Trinajstić information content (AvgIpc) is 2.37. The van der Waals surface area contributed by atoms with Gasteiger partial charge < -0.3 is 5.32 Å². The number of benzene rings is 1. The van der Waals surface area contributed by atoms with Gasteiger partial charge >= 0.3 is 0 Å². The largest absolute Gasteiger partial charge is 0.312 e. The molecule has 100 valence electrons. The van der Waals surface area contributed by atoms with Crippen molar-refractivity contribution in [3.8, 4) is 0 Å². The summed E-state index contributed by atoms with van der Waals surface area (Å²) in [5.41, 5.74) is 0.185. The Balaban J connectivity index is 1.84. The summed E-state index contributed by atoms with van der Waals surface area (Å²) in [4.78, 5) is 0. The van der Waals surface area contributed by atoms with Gasteiger partial charge in [-0.05, 0) is 31.4 Å². The number of nitrogens with one attached hydrogen (secondary N) is 1. The van der Waals surface area contributed by atoms with Gasteiger partial charge in [0.15, 0.2) is 11.6 Å². The maximum Gasteiger partial charge on any atom is 0.161 e. The van der Waals surface area contributed by atoms with Crippen LogP contribution in [0.5, 0.6) is 0 Å². The van der Waals surface area contributed by atoms with Gasteiger partial charge in [0.05, 0.1) is 0 Å². The molecule has 4 heteroatoms. The molecule has 1 nitrogen and oxygen atoms in total. The van der Waals surface area contributed by atoms with Crippen LogP contribution in [0.3, 0.4) is 0 Å². The van der Waals surface area contributed by atoms with Crippen LogP contribution in [0, 0.1) is 23.4 Å². The molecule has 18 heavy (non-hydrogen) atoms. The molecule has 0 heterocycles. The number of hydrogen-bond acceptors (Lipinski definition) is 1. The molecular weight excluding hydrogens is 239 g/mol. The Hall–Kier alpha value is -1.03. The standard InChI is InChI=1S/C14H18F3N/c15-12-7-14(17)13(16)6-11(12)9-18-8-10-4-2-1-3-5-10/h6-7,10,18H,1-5,8-9H2. The molecule has 0 aromatic heterocycles. The normalized spacial score (nSPS) is 17.1. The van der Waals surface area contributed by atoms with Gasteiger partial charge in [-0.1, -0.05) is 19.3 Å². The molecule has 2 rings (SSSR count).